The van der Waals surface area contributed by atoms with Crippen LogP contribution in [0.2, 0.25) is 0 Å². The molecule has 1 unspecified atom stereocenters. The van der Waals surface area contributed by atoms with Crippen LogP contribution in [-0.4, -0.2) is 26.8 Å². The van der Waals surface area contributed by atoms with Crippen molar-refractivity contribution >= 4 is 42.8 Å². The summed E-state index contributed by atoms with van der Waals surface area (Å²) in [6.45, 7) is 0. The van der Waals surface area contributed by atoms with Crippen molar-refractivity contribution in [2.45, 2.75) is 0 Å². The molecular formula is C12H9AsN2S. The second-order valence-corrected chi connectivity index (χ2v) is 5.92. The van der Waals surface area contributed by atoms with E-state index in [0.717, 1.165) is 15.2 Å². The summed E-state index contributed by atoms with van der Waals surface area (Å²) in [5, 5.41) is 1.07. The van der Waals surface area contributed by atoms with Crippen LogP contribution in [0.5, 0.6) is 0 Å². The maximum atomic E-state index is 4.61. The molecule has 0 fully saturated rings. The van der Waals surface area contributed by atoms with Gasteiger partial charge < -0.3 is 0 Å². The van der Waals surface area contributed by atoms with Gasteiger partial charge in [-0.25, -0.2) is 0 Å². The van der Waals surface area contributed by atoms with Gasteiger partial charge in [-0.3, -0.25) is 0 Å². The molecule has 0 aliphatic rings. The molecular weight excluding hydrogens is 279 g/mol. The normalized spacial score (nSPS) is 10.8. The number of nitrogens with zero attached hydrogens (tertiary/aromatic N) is 2. The summed E-state index contributed by atoms with van der Waals surface area (Å²) in [6.07, 6.45) is 3.65. The first-order chi connectivity index (χ1) is 7.83. The first-order valence-electron chi connectivity index (χ1n) is 4.89. The van der Waals surface area contributed by atoms with Crippen LogP contribution < -0.4 is 4.35 Å². The van der Waals surface area contributed by atoms with E-state index in [1.165, 1.54) is 9.91 Å². The Labute approximate surface area is 106 Å². The van der Waals surface area contributed by atoms with E-state index < -0.39 is 0 Å². The van der Waals surface area contributed by atoms with Gasteiger partial charge in [-0.1, -0.05) is 0 Å². The van der Waals surface area contributed by atoms with Crippen molar-refractivity contribution in [3.63, 3.8) is 0 Å². The molecule has 1 atom stereocenters. The van der Waals surface area contributed by atoms with E-state index in [-0.39, 0.29) is 0 Å². The van der Waals surface area contributed by atoms with Gasteiger partial charge in [0.25, 0.3) is 0 Å². The molecule has 0 N–H and O–H groups in total. The maximum absolute atomic E-state index is 4.61. The van der Waals surface area contributed by atoms with Crippen LogP contribution in [0.3, 0.4) is 0 Å². The Hall–Kier alpha value is -1.18. The number of hydrogen-bond acceptors (Lipinski definition) is 3. The van der Waals surface area contributed by atoms with E-state index in [1.807, 2.05) is 12.3 Å². The number of hydrogen-bond donors (Lipinski definition) is 0. The molecule has 3 aromatic rings. The molecule has 2 aromatic heterocycles. The van der Waals surface area contributed by atoms with E-state index in [0.29, 0.717) is 0 Å². The molecule has 1 aromatic carbocycles. The van der Waals surface area contributed by atoms with Crippen LogP contribution in [0.4, 0.5) is 0 Å². The molecule has 0 aliphatic heterocycles. The minimum absolute atomic E-state index is 1.03. The molecule has 16 heavy (non-hydrogen) atoms. The Morgan fingerprint density at radius 3 is 2.94 bits per heavy atom. The molecule has 4 heteroatoms. The Morgan fingerprint density at radius 2 is 2.12 bits per heavy atom. The summed E-state index contributed by atoms with van der Waals surface area (Å²) in [6, 6.07) is 10.4. The van der Waals surface area contributed by atoms with E-state index in [9.17, 15) is 0 Å². The summed E-state index contributed by atoms with van der Waals surface area (Å²) >= 11 is 3.33. The fourth-order valence-electron chi connectivity index (χ4n) is 1.58. The van der Waals surface area contributed by atoms with Crippen LogP contribution in [0.1, 0.15) is 0 Å². The van der Waals surface area contributed by atoms with Gasteiger partial charge in [-0.05, 0) is 0 Å². The average molecular weight is 288 g/mol. The number of aromatic nitrogens is 2. The molecule has 0 saturated heterocycles. The predicted octanol–water partition coefficient (Wildman–Crippen LogP) is 1.62. The van der Waals surface area contributed by atoms with Crippen molar-refractivity contribution in [1.82, 2.24) is 9.97 Å². The van der Waals surface area contributed by atoms with Gasteiger partial charge in [0.1, 0.15) is 0 Å². The summed E-state index contributed by atoms with van der Waals surface area (Å²) in [7, 11) is 0. The van der Waals surface area contributed by atoms with Crippen LogP contribution >= 0.6 is 11.3 Å². The van der Waals surface area contributed by atoms with E-state index in [2.05, 4.69) is 34.2 Å². The van der Waals surface area contributed by atoms with E-state index in [4.69, 9.17) is 0 Å². The SMILES string of the molecule is [AsH2]c1cccc(-c2nc3ccncc3s2)c1. The number of thiazole rings is 1. The van der Waals surface area contributed by atoms with E-state index in [1.54, 1.807) is 34.4 Å². The zero-order valence-electron chi connectivity index (χ0n) is 8.42. The first-order valence-corrected chi connectivity index (χ1v) is 6.92. The van der Waals surface area contributed by atoms with Crippen molar-refractivity contribution in [3.05, 3.63) is 42.7 Å². The van der Waals surface area contributed by atoms with Crippen LogP contribution in [0.15, 0.2) is 42.7 Å². The Balaban J connectivity index is 2.19. The van der Waals surface area contributed by atoms with Gasteiger partial charge in [0.15, 0.2) is 0 Å². The monoisotopic (exact) mass is 288 g/mol. The van der Waals surface area contributed by atoms with Crippen molar-refractivity contribution in [2.75, 3.05) is 0 Å². The molecule has 0 aliphatic carbocycles. The molecule has 78 valence electrons. The van der Waals surface area contributed by atoms with Crippen LogP contribution in [0, 0.1) is 0 Å². The van der Waals surface area contributed by atoms with E-state index >= 15 is 0 Å². The van der Waals surface area contributed by atoms with Gasteiger partial charge in [0.05, 0.1) is 0 Å². The number of pyridine rings is 1. The molecule has 2 nitrogen and oxygen atoms in total. The van der Waals surface area contributed by atoms with Crippen molar-refractivity contribution < 1.29 is 0 Å². The topological polar surface area (TPSA) is 25.8 Å². The average Bonchev–Trinajstić information content (AvgIpc) is 2.72. The summed E-state index contributed by atoms with van der Waals surface area (Å²) in [5.41, 5.74) is 2.23. The molecule has 0 amide bonds. The quantitative estimate of drug-likeness (QED) is 0.636. The van der Waals surface area contributed by atoms with Gasteiger partial charge in [0.2, 0.25) is 0 Å². The number of rotatable bonds is 1. The van der Waals surface area contributed by atoms with Crippen LogP contribution in [0.25, 0.3) is 20.8 Å². The second kappa shape index (κ2) is 4.00. The Bertz CT molecular complexity index is 615. The van der Waals surface area contributed by atoms with Gasteiger partial charge >= 0.3 is 106 Å². The molecule has 3 rings (SSSR count). The Kier molecular flexibility index (Phi) is 2.50. The number of fused-ring (bicyclic) bond motifs is 1. The van der Waals surface area contributed by atoms with Crippen molar-refractivity contribution in [3.8, 4) is 10.6 Å². The standard InChI is InChI=1S/C12H9AsN2S/c13-9-3-1-2-8(6-9)12-15-10-4-5-14-7-11(10)16-12/h1-7H,13H2. The minimum atomic E-state index is 1.03. The fraction of sp³-hybridized carbons (Fsp3) is 0. The molecule has 0 radical (unpaired) electrons. The van der Waals surface area contributed by atoms with Gasteiger partial charge in [0, 0.05) is 0 Å². The summed E-state index contributed by atoms with van der Waals surface area (Å²) in [5.74, 6) is 0. The van der Waals surface area contributed by atoms with Crippen molar-refractivity contribution in [1.29, 1.82) is 0 Å². The Morgan fingerprint density at radius 1 is 1.19 bits per heavy atom. The van der Waals surface area contributed by atoms with Crippen molar-refractivity contribution in [2.24, 2.45) is 0 Å². The molecule has 2 heterocycles. The predicted molar refractivity (Wildman–Crippen MR) is 71.0 cm³/mol. The van der Waals surface area contributed by atoms with Crippen LogP contribution in [-0.2, 0) is 0 Å². The summed E-state index contributed by atoms with van der Waals surface area (Å²) in [4.78, 5) is 8.72. The zero-order valence-corrected chi connectivity index (χ0v) is 11.7. The van der Waals surface area contributed by atoms with Gasteiger partial charge in [-0.15, -0.1) is 0 Å². The second-order valence-electron chi connectivity index (χ2n) is 3.49. The molecule has 0 saturated carbocycles. The zero-order chi connectivity index (χ0) is 11.0. The molecule has 0 bridgehead atoms. The van der Waals surface area contributed by atoms with Gasteiger partial charge in [-0.2, -0.15) is 0 Å². The first kappa shape index (κ1) is 10.0. The third-order valence-corrected chi connectivity index (χ3v) is 4.13. The third-order valence-electron chi connectivity index (χ3n) is 2.32. The summed E-state index contributed by atoms with van der Waals surface area (Å²) < 4.78 is 2.46. The fourth-order valence-corrected chi connectivity index (χ4v) is 3.11. The third kappa shape index (κ3) is 1.77. The number of benzene rings is 1. The molecule has 0 spiro atoms.